The third-order valence-electron chi connectivity index (χ3n) is 7.73. The van der Waals surface area contributed by atoms with E-state index in [1.54, 1.807) is 0 Å². The minimum Gasteiger partial charge on any atom is -0.365 e. The van der Waals surface area contributed by atoms with Gasteiger partial charge in [-0.2, -0.15) is 0 Å². The number of fused-ring (bicyclic) bond motifs is 5. The van der Waals surface area contributed by atoms with E-state index in [9.17, 15) is 10.2 Å². The molecule has 2 heteroatoms. The average Bonchev–Trinajstić information content (AvgIpc) is 2.69. The van der Waals surface area contributed by atoms with Gasteiger partial charge in [-0.15, -0.1) is 0 Å². The van der Waals surface area contributed by atoms with Crippen molar-refractivity contribution in [1.29, 1.82) is 0 Å². The molecule has 0 spiro atoms. The number of rotatable bonds is 0. The van der Waals surface area contributed by atoms with Gasteiger partial charge < -0.3 is 10.2 Å². The van der Waals surface area contributed by atoms with Crippen LogP contribution >= 0.6 is 0 Å². The molecule has 0 bridgehead atoms. The van der Waals surface area contributed by atoms with E-state index in [0.717, 1.165) is 24.2 Å². The molecule has 20 heavy (non-hydrogen) atoms. The van der Waals surface area contributed by atoms with E-state index >= 15 is 0 Å². The molecule has 4 aliphatic rings. The predicted molar refractivity (Wildman–Crippen MR) is 78.9 cm³/mol. The molecule has 4 saturated carbocycles. The van der Waals surface area contributed by atoms with E-state index in [4.69, 9.17) is 0 Å². The molecule has 1 unspecified atom stereocenters. The fourth-order valence-electron chi connectivity index (χ4n) is 6.91. The van der Waals surface area contributed by atoms with Crippen LogP contribution in [0.3, 0.4) is 0 Å². The second-order valence-corrected chi connectivity index (χ2v) is 8.66. The highest BCUT2D eigenvalue weighted by atomic mass is 16.5. The van der Waals surface area contributed by atoms with Crippen molar-refractivity contribution in [3.8, 4) is 0 Å². The highest BCUT2D eigenvalue weighted by molar-refractivity contribution is 5.07. The van der Waals surface area contributed by atoms with Crippen LogP contribution in [0.2, 0.25) is 0 Å². The molecule has 6 atom stereocenters. The molecule has 0 aromatic carbocycles. The van der Waals surface area contributed by atoms with Crippen molar-refractivity contribution in [2.75, 3.05) is 0 Å². The topological polar surface area (TPSA) is 40.5 Å². The second kappa shape index (κ2) is 4.46. The van der Waals surface area contributed by atoms with Gasteiger partial charge in [-0.25, -0.2) is 0 Å². The van der Waals surface area contributed by atoms with Gasteiger partial charge in [0.25, 0.3) is 0 Å². The lowest BCUT2D eigenvalue weighted by Gasteiger charge is -2.56. The van der Waals surface area contributed by atoms with E-state index in [1.165, 1.54) is 51.4 Å². The van der Waals surface area contributed by atoms with Gasteiger partial charge in [-0.05, 0) is 67.6 Å². The molecule has 0 amide bonds. The molecule has 2 nitrogen and oxygen atoms in total. The van der Waals surface area contributed by atoms with Crippen molar-refractivity contribution in [2.24, 2.45) is 35.0 Å². The lowest BCUT2D eigenvalue weighted by atomic mass is 9.50. The van der Waals surface area contributed by atoms with Crippen LogP contribution in [0.15, 0.2) is 0 Å². The first kappa shape index (κ1) is 13.6. The summed E-state index contributed by atoms with van der Waals surface area (Å²) in [5, 5.41) is 21.1. The monoisotopic (exact) mass is 278 g/mol. The molecule has 4 aliphatic carbocycles. The van der Waals surface area contributed by atoms with Crippen LogP contribution in [-0.4, -0.2) is 16.0 Å². The summed E-state index contributed by atoms with van der Waals surface area (Å²) in [5.41, 5.74) is 0.201. The Labute approximate surface area is 123 Å². The average molecular weight is 278 g/mol. The Bertz CT molecular complexity index is 391. The first-order valence-electron chi connectivity index (χ1n) is 8.96. The molecule has 0 aromatic rings. The van der Waals surface area contributed by atoms with Crippen molar-refractivity contribution >= 4 is 0 Å². The summed E-state index contributed by atoms with van der Waals surface area (Å²) in [7, 11) is 0. The van der Waals surface area contributed by atoms with Crippen LogP contribution in [0.4, 0.5) is 0 Å². The van der Waals surface area contributed by atoms with Gasteiger partial charge in [0.05, 0.1) is 0 Å². The maximum absolute atomic E-state index is 10.5. The van der Waals surface area contributed by atoms with Crippen LogP contribution in [-0.2, 0) is 0 Å². The zero-order valence-electron chi connectivity index (χ0n) is 12.9. The second-order valence-electron chi connectivity index (χ2n) is 8.66. The Balaban J connectivity index is 1.64. The Morgan fingerprint density at radius 2 is 1.55 bits per heavy atom. The maximum Gasteiger partial charge on any atom is 0.166 e. The van der Waals surface area contributed by atoms with Gasteiger partial charge >= 0.3 is 0 Å². The molecule has 114 valence electrons. The summed E-state index contributed by atoms with van der Waals surface area (Å²) < 4.78 is 0. The van der Waals surface area contributed by atoms with E-state index in [-0.39, 0.29) is 11.3 Å². The van der Waals surface area contributed by atoms with Gasteiger partial charge in [-0.1, -0.05) is 26.2 Å². The molecule has 4 rings (SSSR count). The summed E-state index contributed by atoms with van der Waals surface area (Å²) in [6.45, 7) is 2.33. The molecule has 0 saturated heterocycles. The summed E-state index contributed by atoms with van der Waals surface area (Å²) in [6.07, 6.45) is 12.5. The van der Waals surface area contributed by atoms with Crippen LogP contribution in [0.25, 0.3) is 0 Å². The normalized spacial score (nSPS) is 53.9. The molecule has 2 N–H and O–H groups in total. The lowest BCUT2D eigenvalue weighted by Crippen LogP contribution is -2.53. The highest BCUT2D eigenvalue weighted by Crippen LogP contribution is 2.64. The van der Waals surface area contributed by atoms with E-state index in [0.29, 0.717) is 12.3 Å². The summed E-state index contributed by atoms with van der Waals surface area (Å²) in [5.74, 6) is 2.02. The maximum atomic E-state index is 10.5. The first-order chi connectivity index (χ1) is 9.51. The van der Waals surface area contributed by atoms with Crippen molar-refractivity contribution in [1.82, 2.24) is 0 Å². The molecule has 4 fully saturated rings. The standard InChI is InChI=1S/C18H30O2/c1-17-9-8-14-13-5-3-2-4-12(13)6-7-15(14)16(17)18(19,20)11-10-17/h12-16,19-20H,2-11H2,1H3/t12?,13-,14+,15+,16-,17+/m0/s1. The predicted octanol–water partition coefficient (Wildman–Crippen LogP) is 3.71. The molecule has 0 heterocycles. The zero-order valence-corrected chi connectivity index (χ0v) is 12.9. The lowest BCUT2D eigenvalue weighted by molar-refractivity contribution is -0.232. The first-order valence-corrected chi connectivity index (χ1v) is 8.96. The van der Waals surface area contributed by atoms with Gasteiger partial charge in [0, 0.05) is 12.3 Å². The van der Waals surface area contributed by atoms with Crippen LogP contribution in [0.1, 0.15) is 71.1 Å². The largest absolute Gasteiger partial charge is 0.365 e. The van der Waals surface area contributed by atoms with Crippen molar-refractivity contribution in [3.05, 3.63) is 0 Å². The Morgan fingerprint density at radius 3 is 2.40 bits per heavy atom. The fourth-order valence-corrected chi connectivity index (χ4v) is 6.91. The Morgan fingerprint density at radius 1 is 0.750 bits per heavy atom. The van der Waals surface area contributed by atoms with Crippen molar-refractivity contribution in [2.45, 2.75) is 76.9 Å². The number of hydrogen-bond donors (Lipinski definition) is 2. The van der Waals surface area contributed by atoms with E-state index < -0.39 is 5.79 Å². The fraction of sp³-hybridized carbons (Fsp3) is 1.00. The third-order valence-corrected chi connectivity index (χ3v) is 7.73. The SMILES string of the molecule is C[C@]12CC[C@H]3[C@@H](CCC4CCCC[C@@H]43)[C@@H]1C(O)(O)CC2. The van der Waals surface area contributed by atoms with Crippen LogP contribution < -0.4 is 0 Å². The summed E-state index contributed by atoms with van der Waals surface area (Å²) >= 11 is 0. The summed E-state index contributed by atoms with van der Waals surface area (Å²) in [4.78, 5) is 0. The number of hydrogen-bond acceptors (Lipinski definition) is 2. The van der Waals surface area contributed by atoms with Crippen LogP contribution in [0.5, 0.6) is 0 Å². The smallest absolute Gasteiger partial charge is 0.166 e. The van der Waals surface area contributed by atoms with Gasteiger partial charge in [0.15, 0.2) is 5.79 Å². The van der Waals surface area contributed by atoms with Crippen LogP contribution in [0, 0.1) is 35.0 Å². The van der Waals surface area contributed by atoms with Gasteiger partial charge in [0.2, 0.25) is 0 Å². The van der Waals surface area contributed by atoms with Gasteiger partial charge in [-0.3, -0.25) is 0 Å². The van der Waals surface area contributed by atoms with Crippen molar-refractivity contribution in [3.63, 3.8) is 0 Å². The highest BCUT2D eigenvalue weighted by Gasteiger charge is 2.61. The quantitative estimate of drug-likeness (QED) is 0.663. The van der Waals surface area contributed by atoms with E-state index in [2.05, 4.69) is 6.92 Å². The van der Waals surface area contributed by atoms with E-state index in [1.807, 2.05) is 0 Å². The zero-order chi connectivity index (χ0) is 14.0. The molecule has 0 radical (unpaired) electrons. The minimum absolute atomic E-state index is 0.150. The molecular weight excluding hydrogens is 248 g/mol. The third kappa shape index (κ3) is 1.83. The van der Waals surface area contributed by atoms with Gasteiger partial charge in [0.1, 0.15) is 0 Å². The Kier molecular flexibility index (Phi) is 3.03. The summed E-state index contributed by atoms with van der Waals surface area (Å²) in [6, 6.07) is 0. The number of aliphatic hydroxyl groups is 2. The van der Waals surface area contributed by atoms with Crippen molar-refractivity contribution < 1.29 is 10.2 Å². The minimum atomic E-state index is -1.38. The molecular formula is C18H30O2. The molecule has 0 aromatic heterocycles. The Hall–Kier alpha value is -0.0800. The molecule has 0 aliphatic heterocycles.